The molecule has 3 nitrogen and oxygen atoms in total. The summed E-state index contributed by atoms with van der Waals surface area (Å²) in [6.45, 7) is 1.90. The molecule has 0 atom stereocenters. The highest BCUT2D eigenvalue weighted by Gasteiger charge is 2.02. The van der Waals surface area contributed by atoms with E-state index in [1.807, 2.05) is 6.92 Å². The lowest BCUT2D eigenvalue weighted by atomic mass is 10.3. The molecule has 1 rings (SSSR count). The maximum Gasteiger partial charge on any atom is 0.0781 e. The van der Waals surface area contributed by atoms with Crippen molar-refractivity contribution in [2.75, 3.05) is 0 Å². The molecule has 0 saturated carbocycles. The molecule has 0 spiro atoms. The molecule has 54 valence electrons. The van der Waals surface area contributed by atoms with Crippen molar-refractivity contribution >= 4 is 28.7 Å². The van der Waals surface area contributed by atoms with E-state index in [1.165, 1.54) is 11.5 Å². The van der Waals surface area contributed by atoms with Gasteiger partial charge in [-0.25, -0.2) is 0 Å². The molecule has 2 N–H and O–H groups in total. The summed E-state index contributed by atoms with van der Waals surface area (Å²) in [6, 6.07) is 0. The molecule has 1 aromatic heterocycles. The second-order valence-corrected chi connectivity index (χ2v) is 3.29. The van der Waals surface area contributed by atoms with Crippen LogP contribution in [0, 0.1) is 6.92 Å². The van der Waals surface area contributed by atoms with Gasteiger partial charge in [-0.15, -0.1) is 5.10 Å². The maximum atomic E-state index is 5.34. The van der Waals surface area contributed by atoms with Crippen molar-refractivity contribution in [1.82, 2.24) is 9.59 Å². The molecule has 0 bridgehead atoms. The van der Waals surface area contributed by atoms with Gasteiger partial charge in [-0.2, -0.15) is 0 Å². The number of nitrogens with zero attached hydrogens (tertiary/aromatic N) is 2. The Balaban J connectivity index is 2.74. The highest BCUT2D eigenvalue weighted by molar-refractivity contribution is 7.80. The quantitative estimate of drug-likeness (QED) is 0.668. The summed E-state index contributed by atoms with van der Waals surface area (Å²) in [5.74, 6) is 0. The molecule has 0 aliphatic rings. The number of aryl methyl sites for hydroxylation is 1. The molecule has 0 unspecified atom stereocenters. The third kappa shape index (κ3) is 1.71. The van der Waals surface area contributed by atoms with Crippen LogP contribution in [0.1, 0.15) is 10.6 Å². The Morgan fingerprint density at radius 1 is 1.80 bits per heavy atom. The lowest BCUT2D eigenvalue weighted by Crippen LogP contribution is -2.10. The molecule has 1 aromatic rings. The molecule has 0 fully saturated rings. The van der Waals surface area contributed by atoms with Gasteiger partial charge in [-0.05, 0) is 18.5 Å². The molecule has 10 heavy (non-hydrogen) atoms. The molecule has 1 heterocycles. The van der Waals surface area contributed by atoms with Gasteiger partial charge in [0.25, 0.3) is 0 Å². The highest BCUT2D eigenvalue weighted by atomic mass is 32.1. The number of rotatable bonds is 2. The average molecular weight is 173 g/mol. The molecule has 0 radical (unpaired) electrons. The predicted octanol–water partition coefficient (Wildman–Crippen LogP) is 0.675. The topological polar surface area (TPSA) is 51.8 Å². The zero-order valence-corrected chi connectivity index (χ0v) is 7.13. The van der Waals surface area contributed by atoms with Crippen molar-refractivity contribution < 1.29 is 0 Å². The molecular weight excluding hydrogens is 166 g/mol. The first-order valence-electron chi connectivity index (χ1n) is 2.76. The van der Waals surface area contributed by atoms with Crippen molar-refractivity contribution in [3.05, 3.63) is 10.6 Å². The summed E-state index contributed by atoms with van der Waals surface area (Å²) in [5.41, 5.74) is 6.26. The second kappa shape index (κ2) is 3.03. The zero-order valence-electron chi connectivity index (χ0n) is 5.50. The lowest BCUT2D eigenvalue weighted by molar-refractivity contribution is 1.07. The third-order valence-electron chi connectivity index (χ3n) is 1.08. The van der Waals surface area contributed by atoms with E-state index in [-0.39, 0.29) is 0 Å². The highest BCUT2D eigenvalue weighted by Crippen LogP contribution is 2.08. The van der Waals surface area contributed by atoms with Crippen LogP contribution >= 0.6 is 23.8 Å². The Bertz CT molecular complexity index is 243. The summed E-state index contributed by atoms with van der Waals surface area (Å²) in [5, 5.41) is 3.82. The van der Waals surface area contributed by atoms with Gasteiger partial charge in [0.15, 0.2) is 0 Å². The van der Waals surface area contributed by atoms with E-state index in [1.54, 1.807) is 0 Å². The van der Waals surface area contributed by atoms with E-state index < -0.39 is 0 Å². The van der Waals surface area contributed by atoms with Gasteiger partial charge in [-0.1, -0.05) is 16.7 Å². The fourth-order valence-electron chi connectivity index (χ4n) is 0.571. The van der Waals surface area contributed by atoms with Gasteiger partial charge in [0, 0.05) is 6.42 Å². The van der Waals surface area contributed by atoms with Crippen LogP contribution < -0.4 is 5.73 Å². The number of nitrogens with two attached hydrogens (primary N) is 1. The Morgan fingerprint density at radius 2 is 2.50 bits per heavy atom. The van der Waals surface area contributed by atoms with Crippen molar-refractivity contribution in [2.24, 2.45) is 5.73 Å². The van der Waals surface area contributed by atoms with E-state index in [0.29, 0.717) is 11.4 Å². The van der Waals surface area contributed by atoms with Gasteiger partial charge in [-0.3, -0.25) is 0 Å². The lowest BCUT2D eigenvalue weighted by Gasteiger charge is -1.91. The summed E-state index contributed by atoms with van der Waals surface area (Å²) in [7, 11) is 0. The number of hydrogen-bond acceptors (Lipinski definition) is 4. The van der Waals surface area contributed by atoms with Gasteiger partial charge in [0.1, 0.15) is 0 Å². The van der Waals surface area contributed by atoms with Crippen molar-refractivity contribution in [2.45, 2.75) is 13.3 Å². The molecule has 0 amide bonds. The SMILES string of the molecule is Cc1nnsc1CC(N)=S. The zero-order chi connectivity index (χ0) is 7.56. The van der Waals surface area contributed by atoms with Gasteiger partial charge < -0.3 is 5.73 Å². The third-order valence-corrected chi connectivity index (χ3v) is 2.05. The number of hydrogen-bond donors (Lipinski definition) is 1. The van der Waals surface area contributed by atoms with Crippen molar-refractivity contribution in [1.29, 1.82) is 0 Å². The van der Waals surface area contributed by atoms with Crippen molar-refractivity contribution in [3.63, 3.8) is 0 Å². The smallest absolute Gasteiger partial charge is 0.0781 e. The van der Waals surface area contributed by atoms with Crippen LogP contribution in [0.15, 0.2) is 0 Å². The molecule has 0 aliphatic carbocycles. The fourth-order valence-corrected chi connectivity index (χ4v) is 1.46. The first-order chi connectivity index (χ1) is 4.70. The molecule has 0 saturated heterocycles. The Labute approximate surface area is 68.4 Å². The minimum Gasteiger partial charge on any atom is -0.393 e. The standard InChI is InChI=1S/C5H7N3S2/c1-3-4(2-5(6)9)10-8-7-3/h2H2,1H3,(H2,6,9). The summed E-state index contributed by atoms with van der Waals surface area (Å²) < 4.78 is 3.75. The monoisotopic (exact) mass is 173 g/mol. The van der Waals surface area contributed by atoms with E-state index >= 15 is 0 Å². The first-order valence-corrected chi connectivity index (χ1v) is 3.94. The van der Waals surface area contributed by atoms with Gasteiger partial charge in [0.05, 0.1) is 15.6 Å². The molecule has 0 aliphatic heterocycles. The van der Waals surface area contributed by atoms with Crippen LogP contribution in [0.2, 0.25) is 0 Å². The summed E-state index contributed by atoms with van der Waals surface area (Å²) in [4.78, 5) is 1.56. The van der Waals surface area contributed by atoms with Crippen LogP contribution in [-0.4, -0.2) is 14.6 Å². The largest absolute Gasteiger partial charge is 0.393 e. The molecular formula is C5H7N3S2. The normalized spacial score (nSPS) is 9.70. The van der Waals surface area contributed by atoms with Crippen LogP contribution in [0.5, 0.6) is 0 Å². The number of thiocarbonyl (C=S) groups is 1. The number of aromatic nitrogens is 2. The van der Waals surface area contributed by atoms with E-state index in [2.05, 4.69) is 9.59 Å². The average Bonchev–Trinajstić information content (AvgIpc) is 2.15. The van der Waals surface area contributed by atoms with E-state index in [0.717, 1.165) is 10.6 Å². The summed E-state index contributed by atoms with van der Waals surface area (Å²) >= 11 is 6.08. The van der Waals surface area contributed by atoms with Gasteiger partial charge >= 0.3 is 0 Å². The van der Waals surface area contributed by atoms with Gasteiger partial charge in [0.2, 0.25) is 0 Å². The Morgan fingerprint density at radius 3 is 2.90 bits per heavy atom. The minimum absolute atomic E-state index is 0.495. The fraction of sp³-hybridized carbons (Fsp3) is 0.400. The minimum atomic E-state index is 0.495. The maximum absolute atomic E-state index is 5.34. The summed E-state index contributed by atoms with van der Waals surface area (Å²) in [6.07, 6.45) is 0.624. The Hall–Kier alpha value is -0.550. The Kier molecular flexibility index (Phi) is 2.29. The molecule has 5 heteroatoms. The van der Waals surface area contributed by atoms with Crippen molar-refractivity contribution in [3.8, 4) is 0 Å². The van der Waals surface area contributed by atoms with Crippen LogP contribution in [0.4, 0.5) is 0 Å². The van der Waals surface area contributed by atoms with Crippen LogP contribution in [-0.2, 0) is 6.42 Å². The van der Waals surface area contributed by atoms with E-state index in [4.69, 9.17) is 18.0 Å². The van der Waals surface area contributed by atoms with E-state index in [9.17, 15) is 0 Å². The predicted molar refractivity (Wildman–Crippen MR) is 45.1 cm³/mol. The van der Waals surface area contributed by atoms with Crippen LogP contribution in [0.3, 0.4) is 0 Å². The first kappa shape index (κ1) is 7.56. The second-order valence-electron chi connectivity index (χ2n) is 1.92. The van der Waals surface area contributed by atoms with Crippen LogP contribution in [0.25, 0.3) is 0 Å². The molecule has 0 aromatic carbocycles.